The summed E-state index contributed by atoms with van der Waals surface area (Å²) in [6.07, 6.45) is 9.74. The van der Waals surface area contributed by atoms with Crippen LogP contribution in [0.15, 0.2) is 0 Å². The van der Waals surface area contributed by atoms with E-state index in [2.05, 4.69) is 24.3 Å². The molecule has 21 heavy (non-hydrogen) atoms. The number of anilines is 1. The molecule has 0 amide bonds. The van der Waals surface area contributed by atoms with Gasteiger partial charge in [-0.1, -0.05) is 6.42 Å². The number of aromatic nitrogens is 1. The molecule has 4 atom stereocenters. The van der Waals surface area contributed by atoms with E-state index < -0.39 is 0 Å². The van der Waals surface area contributed by atoms with Crippen LogP contribution in [0.4, 0.5) is 5.13 Å². The lowest BCUT2D eigenvalue weighted by Crippen LogP contribution is -2.28. The van der Waals surface area contributed by atoms with Gasteiger partial charge in [-0.3, -0.25) is 0 Å². The van der Waals surface area contributed by atoms with Gasteiger partial charge >= 0.3 is 0 Å². The summed E-state index contributed by atoms with van der Waals surface area (Å²) in [5.74, 6) is 2.98. The van der Waals surface area contributed by atoms with E-state index >= 15 is 0 Å². The lowest BCUT2D eigenvalue weighted by molar-refractivity contribution is 0.337. The minimum atomic E-state index is 0.481. The van der Waals surface area contributed by atoms with Crippen LogP contribution in [0.5, 0.6) is 0 Å². The Morgan fingerprint density at radius 1 is 1.29 bits per heavy atom. The zero-order valence-electron chi connectivity index (χ0n) is 13.3. The topological polar surface area (TPSA) is 28.2 Å². The Balaban J connectivity index is 1.47. The monoisotopic (exact) mass is 305 g/mol. The standard InChI is InChI=1S/C17H27N3S/c1-18-14-4-3-5-15-16(14)19-17(21-15)20(2)10-13-9-11-6-7-12(13)8-11/h11-14,18H,3-10H2,1-2H3. The summed E-state index contributed by atoms with van der Waals surface area (Å²) in [6, 6.07) is 0.481. The molecule has 116 valence electrons. The first-order valence-corrected chi connectivity index (χ1v) is 9.44. The third kappa shape index (κ3) is 2.50. The van der Waals surface area contributed by atoms with E-state index in [0.717, 1.165) is 17.8 Å². The molecule has 4 heteroatoms. The maximum absolute atomic E-state index is 4.99. The van der Waals surface area contributed by atoms with Gasteiger partial charge < -0.3 is 10.2 Å². The Labute approximate surface area is 132 Å². The number of hydrogen-bond donors (Lipinski definition) is 1. The zero-order valence-corrected chi connectivity index (χ0v) is 14.1. The molecule has 2 bridgehead atoms. The predicted molar refractivity (Wildman–Crippen MR) is 89.1 cm³/mol. The Morgan fingerprint density at radius 2 is 2.19 bits per heavy atom. The molecule has 2 saturated carbocycles. The number of aryl methyl sites for hydroxylation is 1. The molecule has 1 aromatic heterocycles. The SMILES string of the molecule is CNC1CCCc2sc(N(C)CC3CC4CCC3C4)nc21. The van der Waals surface area contributed by atoms with Crippen molar-refractivity contribution >= 4 is 16.5 Å². The number of rotatable bonds is 4. The lowest BCUT2D eigenvalue weighted by Gasteiger charge is -2.26. The van der Waals surface area contributed by atoms with E-state index in [0.29, 0.717) is 6.04 Å². The van der Waals surface area contributed by atoms with E-state index in [1.807, 2.05) is 11.3 Å². The molecule has 3 aliphatic rings. The van der Waals surface area contributed by atoms with Crippen molar-refractivity contribution in [3.63, 3.8) is 0 Å². The maximum atomic E-state index is 4.99. The summed E-state index contributed by atoms with van der Waals surface area (Å²) in [7, 11) is 4.32. The summed E-state index contributed by atoms with van der Waals surface area (Å²) in [6.45, 7) is 1.22. The molecule has 2 fully saturated rings. The van der Waals surface area contributed by atoms with Crippen molar-refractivity contribution in [2.75, 3.05) is 25.5 Å². The predicted octanol–water partition coefficient (Wildman–Crippen LogP) is 3.61. The van der Waals surface area contributed by atoms with Crippen molar-refractivity contribution < 1.29 is 0 Å². The zero-order chi connectivity index (χ0) is 14.4. The molecule has 0 saturated heterocycles. The third-order valence-electron chi connectivity index (χ3n) is 6.01. The van der Waals surface area contributed by atoms with E-state index in [1.165, 1.54) is 67.2 Å². The van der Waals surface area contributed by atoms with E-state index in [9.17, 15) is 0 Å². The lowest BCUT2D eigenvalue weighted by atomic mass is 9.88. The van der Waals surface area contributed by atoms with Gasteiger partial charge in [0, 0.05) is 18.5 Å². The second-order valence-electron chi connectivity index (χ2n) is 7.35. The van der Waals surface area contributed by atoms with Crippen molar-refractivity contribution in [3.05, 3.63) is 10.6 Å². The molecule has 3 nitrogen and oxygen atoms in total. The first-order chi connectivity index (χ1) is 10.2. The summed E-state index contributed by atoms with van der Waals surface area (Å²) >= 11 is 1.94. The molecule has 0 aromatic carbocycles. The molecule has 0 spiro atoms. The fourth-order valence-electron chi connectivity index (χ4n) is 4.88. The molecule has 0 aliphatic heterocycles. The summed E-state index contributed by atoms with van der Waals surface area (Å²) < 4.78 is 0. The fraction of sp³-hybridized carbons (Fsp3) is 0.824. The Kier molecular flexibility index (Phi) is 3.70. The molecule has 1 heterocycles. The Hall–Kier alpha value is -0.610. The number of nitrogens with zero attached hydrogens (tertiary/aromatic N) is 2. The van der Waals surface area contributed by atoms with E-state index in [4.69, 9.17) is 4.98 Å². The average Bonchev–Trinajstić information content (AvgIpc) is 3.20. The van der Waals surface area contributed by atoms with Crippen LogP contribution in [0.1, 0.15) is 55.1 Å². The Bertz CT molecular complexity index is 512. The van der Waals surface area contributed by atoms with Crippen molar-refractivity contribution in [1.82, 2.24) is 10.3 Å². The second-order valence-corrected chi connectivity index (χ2v) is 8.42. The van der Waals surface area contributed by atoms with Crippen molar-refractivity contribution in [2.24, 2.45) is 17.8 Å². The van der Waals surface area contributed by atoms with E-state index in [1.54, 1.807) is 0 Å². The first kappa shape index (κ1) is 14.0. The van der Waals surface area contributed by atoms with Crippen LogP contribution in [0.2, 0.25) is 0 Å². The van der Waals surface area contributed by atoms with Crippen LogP contribution < -0.4 is 10.2 Å². The van der Waals surface area contributed by atoms with Gasteiger partial charge in [-0.25, -0.2) is 4.98 Å². The van der Waals surface area contributed by atoms with Gasteiger partial charge in [-0.15, -0.1) is 11.3 Å². The summed E-state index contributed by atoms with van der Waals surface area (Å²) in [5, 5.41) is 4.69. The van der Waals surface area contributed by atoms with Crippen LogP contribution in [0, 0.1) is 17.8 Å². The molecular formula is C17H27N3S. The van der Waals surface area contributed by atoms with Gasteiger partial charge in [-0.2, -0.15) is 0 Å². The largest absolute Gasteiger partial charge is 0.351 e. The number of fused-ring (bicyclic) bond motifs is 3. The molecule has 3 aliphatic carbocycles. The summed E-state index contributed by atoms with van der Waals surface area (Å²) in [4.78, 5) is 8.96. The van der Waals surface area contributed by atoms with Gasteiger partial charge in [0.05, 0.1) is 11.7 Å². The fourth-order valence-corrected chi connectivity index (χ4v) is 6.01. The highest BCUT2D eigenvalue weighted by Crippen LogP contribution is 2.48. The molecule has 4 unspecified atom stereocenters. The highest BCUT2D eigenvalue weighted by molar-refractivity contribution is 7.15. The minimum Gasteiger partial charge on any atom is -0.351 e. The van der Waals surface area contributed by atoms with Gasteiger partial charge in [0.2, 0.25) is 0 Å². The molecule has 1 aromatic rings. The minimum absolute atomic E-state index is 0.481. The third-order valence-corrected chi connectivity index (χ3v) is 7.26. The summed E-state index contributed by atoms with van der Waals surface area (Å²) in [5.41, 5.74) is 1.34. The second kappa shape index (κ2) is 5.54. The first-order valence-electron chi connectivity index (χ1n) is 8.62. The quantitative estimate of drug-likeness (QED) is 0.921. The molecule has 4 rings (SSSR count). The normalized spacial score (nSPS) is 34.2. The molecule has 0 radical (unpaired) electrons. The van der Waals surface area contributed by atoms with Gasteiger partial charge in [-0.05, 0) is 63.3 Å². The van der Waals surface area contributed by atoms with Crippen LogP contribution in [0.25, 0.3) is 0 Å². The molecule has 1 N–H and O–H groups in total. The van der Waals surface area contributed by atoms with Crippen molar-refractivity contribution in [1.29, 1.82) is 0 Å². The maximum Gasteiger partial charge on any atom is 0.185 e. The van der Waals surface area contributed by atoms with E-state index in [-0.39, 0.29) is 0 Å². The van der Waals surface area contributed by atoms with Crippen LogP contribution in [0.3, 0.4) is 0 Å². The van der Waals surface area contributed by atoms with Gasteiger partial charge in [0.1, 0.15) is 0 Å². The van der Waals surface area contributed by atoms with Gasteiger partial charge in [0.15, 0.2) is 5.13 Å². The van der Waals surface area contributed by atoms with Crippen LogP contribution in [-0.2, 0) is 6.42 Å². The number of thiazole rings is 1. The van der Waals surface area contributed by atoms with Crippen LogP contribution >= 0.6 is 11.3 Å². The highest BCUT2D eigenvalue weighted by atomic mass is 32.1. The Morgan fingerprint density at radius 3 is 2.90 bits per heavy atom. The van der Waals surface area contributed by atoms with Gasteiger partial charge in [0.25, 0.3) is 0 Å². The van der Waals surface area contributed by atoms with Crippen molar-refractivity contribution in [2.45, 2.75) is 51.0 Å². The average molecular weight is 305 g/mol. The molecular weight excluding hydrogens is 278 g/mol. The highest BCUT2D eigenvalue weighted by Gasteiger charge is 2.40. The number of hydrogen-bond acceptors (Lipinski definition) is 4. The van der Waals surface area contributed by atoms with Crippen LogP contribution in [-0.4, -0.2) is 25.6 Å². The van der Waals surface area contributed by atoms with Crippen molar-refractivity contribution in [3.8, 4) is 0 Å². The smallest absolute Gasteiger partial charge is 0.185 e. The number of nitrogens with one attached hydrogen (secondary N) is 1.